The summed E-state index contributed by atoms with van der Waals surface area (Å²) in [5.41, 5.74) is -3.28. The molecule has 5 heterocycles. The summed E-state index contributed by atoms with van der Waals surface area (Å²) >= 11 is 0. The monoisotopic (exact) mass is 1410 g/mol. The molecule has 0 bridgehead atoms. The fourth-order valence-electron chi connectivity index (χ4n) is 9.50. The second-order valence-corrected chi connectivity index (χ2v) is 20.5. The minimum absolute atomic E-state index is 0.0461. The van der Waals surface area contributed by atoms with Gasteiger partial charge in [-0.1, -0.05) is 303 Å². The van der Waals surface area contributed by atoms with E-state index in [4.69, 9.17) is 103 Å². The zero-order valence-electron chi connectivity index (χ0n) is 128. The van der Waals surface area contributed by atoms with Gasteiger partial charge in [-0.2, -0.15) is 0 Å². The van der Waals surface area contributed by atoms with E-state index in [1.165, 1.54) is 0 Å². The van der Waals surface area contributed by atoms with Gasteiger partial charge >= 0.3 is 0 Å². The first-order valence-electron chi connectivity index (χ1n) is 67.3. The third-order valence-corrected chi connectivity index (χ3v) is 14.0. The van der Waals surface area contributed by atoms with Gasteiger partial charge in [0.05, 0.1) is 71.3 Å². The Hall–Kier alpha value is -8.20. The maximum atomic E-state index is 8.65. The van der Waals surface area contributed by atoms with E-state index in [-0.39, 0.29) is 24.5 Å². The van der Waals surface area contributed by atoms with E-state index in [2.05, 4.69) is 0 Å². The fourth-order valence-corrected chi connectivity index (χ4v) is 9.50. The van der Waals surface area contributed by atoms with Gasteiger partial charge in [-0.25, -0.2) is 0 Å². The van der Waals surface area contributed by atoms with E-state index < -0.39 is 401 Å². The predicted octanol–water partition coefficient (Wildman–Crippen LogP) is 15.1. The van der Waals surface area contributed by atoms with Gasteiger partial charge in [-0.15, -0.1) is 0 Å². The zero-order valence-corrected chi connectivity index (χ0v) is 52.8. The van der Waals surface area contributed by atoms with Crippen molar-refractivity contribution < 1.29 is 103 Å². The lowest BCUT2D eigenvalue weighted by atomic mass is 9.96. The maximum absolute atomic E-state index is 8.65. The molecule has 0 spiro atoms. The molecular weight excluding hydrogens is 1220 g/mol. The quantitative estimate of drug-likeness (QED) is 0.0990. The Morgan fingerprint density at radius 2 is 0.400 bits per heavy atom. The number of likely N-dealkylation sites (N-methyl/N-ethyl adjacent to an activating group) is 5. The summed E-state index contributed by atoms with van der Waals surface area (Å²) in [7, 11) is 1.85. The van der Waals surface area contributed by atoms with E-state index in [1.54, 1.807) is 121 Å². The minimum Gasteiger partial charge on any atom is -0.304 e. The van der Waals surface area contributed by atoms with Gasteiger partial charge in [-0.05, 0) is 90.7 Å². The summed E-state index contributed by atoms with van der Waals surface area (Å²) in [6.45, 7) is -72.4. The van der Waals surface area contributed by atoms with Gasteiger partial charge in [0.25, 0.3) is 0 Å². The minimum atomic E-state index is -3.98. The molecule has 10 aromatic carbocycles. The van der Waals surface area contributed by atoms with Crippen LogP contribution in [-0.2, 0) is 0 Å². The third-order valence-electron chi connectivity index (χ3n) is 14.0. The molecule has 5 saturated heterocycles. The lowest BCUT2D eigenvalue weighted by Gasteiger charge is -2.38. The summed E-state index contributed by atoms with van der Waals surface area (Å²) < 4.78 is 618. The highest BCUT2D eigenvalue weighted by Gasteiger charge is 2.30. The lowest BCUT2D eigenvalue weighted by Crippen LogP contribution is -2.46. The fraction of sp³-hybridized carbons (Fsp3) is 0.333. The summed E-state index contributed by atoms with van der Waals surface area (Å²) in [6, 6.07) is -4.17. The molecule has 10 aromatic rings. The summed E-state index contributed by atoms with van der Waals surface area (Å²) in [5.74, 6) is 0. The molecule has 0 radical (unpaired) electrons. The average Bonchev–Trinajstić information content (AvgIpc) is 0.721. The van der Waals surface area contributed by atoms with Crippen molar-refractivity contribution in [1.29, 1.82) is 0 Å². The van der Waals surface area contributed by atoms with Crippen molar-refractivity contribution >= 4 is 0 Å². The normalized spacial score (nSPS) is 37.8. The second-order valence-electron chi connectivity index (χ2n) is 20.5. The molecule has 15 rings (SSSR count). The lowest BCUT2D eigenvalue weighted by molar-refractivity contribution is 0.127. The van der Waals surface area contributed by atoms with Crippen LogP contribution in [0, 0.1) is 0 Å². The summed E-state index contributed by atoms with van der Waals surface area (Å²) in [5, 5.41) is 0. The molecule has 0 saturated carbocycles. The van der Waals surface area contributed by atoms with Crippen molar-refractivity contribution in [2.24, 2.45) is 0 Å². The molecule has 0 atom stereocenters. The van der Waals surface area contributed by atoms with E-state index in [0.717, 1.165) is 19.0 Å². The highest BCUT2D eigenvalue weighted by Crippen LogP contribution is 2.34. The van der Waals surface area contributed by atoms with E-state index in [1.807, 2.05) is 0 Å². The van der Waals surface area contributed by atoms with Crippen molar-refractivity contribution in [3.8, 4) is 0 Å². The Morgan fingerprint density at radius 1 is 0.220 bits per heavy atom. The molecule has 0 amide bonds. The second kappa shape index (κ2) is 39.1. The molecule has 5 fully saturated rings. The summed E-state index contributed by atoms with van der Waals surface area (Å²) in [6.07, 6.45) is 0. The molecule has 520 valence electrons. The van der Waals surface area contributed by atoms with Crippen LogP contribution in [0.5, 0.6) is 0 Å². The first-order chi connectivity index (χ1) is 78.8. The Bertz CT molecular complexity index is 7220. The van der Waals surface area contributed by atoms with Crippen molar-refractivity contribution in [3.05, 3.63) is 358 Å². The number of hydrogen-bond donors (Lipinski definition) is 0. The SMILES string of the molecule is [2H]C([2H])([2H])N1C([2H])([2H])C([2H])([2H])N(C(c2ccccc2)c2ccccc2)C([2H])([2H])C1([2H])[2H].[2H]C1([2H])N(C)C([2H])([2H])C([2H])([2H])N(C(c2ccccc2)c2ccccc2)C1([2H])[2H].[2H]c1c([2H])c([2H])c(C(c2c([2H])c([2H])c([2H])c([2H])c2[2H])N2C([2H])([2H])C([2H])([2H])N(C([2H])([2H])[2H])C([2H])([2H])C2([2H])[2H])c([2H])c1[2H].[2H]c1c([2H])c([2H])c(C(c2c([2H])c([2H])c([2H])c([2H])c2[2H])N2C([2H])([2H])C([2H])([2H])N(C)C([2H])([2H])C2([2H])[2H])c([2H])c1[2H].[2H]c1c([2H])c([2H])c(C(c2c([2H])c([2H])c([2H])c([2H])c2[2H])N2CC([2H])([2H])N(C([2H])([2H])[2H])C([2H])([2H])C2)c([2H])c1[2H]. The van der Waals surface area contributed by atoms with Crippen molar-refractivity contribution in [3.63, 3.8) is 0 Å². The average molecular weight is 1410 g/mol. The zero-order chi connectivity index (χ0) is 135. The molecule has 10 heteroatoms. The van der Waals surface area contributed by atoms with Crippen LogP contribution in [0.15, 0.2) is 303 Å². The summed E-state index contributed by atoms with van der Waals surface area (Å²) in [4.78, 5) is 1.46. The van der Waals surface area contributed by atoms with Gasteiger partial charge in [0.1, 0.15) is 0 Å². The number of piperazine rings is 5. The molecular formula is C90H110N10. The molecule has 5 aliphatic heterocycles. The van der Waals surface area contributed by atoms with Crippen LogP contribution in [0.2, 0.25) is 0 Å². The molecule has 0 aliphatic carbocycles. The Morgan fingerprint density at radius 3 is 0.610 bits per heavy atom. The Labute approximate surface area is 706 Å². The number of nitrogens with zero attached hydrogens (tertiary/aromatic N) is 10. The standard InChI is InChI=1S/5C18H22N2/c5*1-19-12-14-20(15-13-19)18(16-8-4-2-5-9-16)17-10-6-3-7-11-17/h5*2-11,18H,12-15H2,1H3/i1D3,2D,3D,4D,5D,6D,7D,8D,9D,10D,11D,12D2,13D2,14D2,15D2;2D,3D,4D,5D,6D,7D,8D,9D,10D,11D,12D2,13D2,14D2,15D2;1D3,2D,3D,4D,5D,6D,7D,8D,9D,10D,11D,12D2,13D2;1D3,12D2,13D2,14D2,15D2;12D2,13D2,14D2,15D2. The van der Waals surface area contributed by atoms with Crippen molar-refractivity contribution in [2.75, 3.05) is 165 Å². The van der Waals surface area contributed by atoms with Crippen LogP contribution in [0.4, 0.5) is 0 Å². The number of rotatable bonds is 15. The smallest absolute Gasteiger partial charge is 0.0626 e. The predicted molar refractivity (Wildman–Crippen MR) is 419 cm³/mol. The van der Waals surface area contributed by atoms with Crippen molar-refractivity contribution in [1.82, 2.24) is 49.0 Å². The van der Waals surface area contributed by atoms with Crippen LogP contribution in [0.3, 0.4) is 0 Å². The number of hydrogen-bond acceptors (Lipinski definition) is 10. The molecule has 0 unspecified atom stereocenters. The van der Waals surface area contributed by atoms with Gasteiger partial charge in [0.15, 0.2) is 0 Å². The van der Waals surface area contributed by atoms with Gasteiger partial charge < -0.3 is 24.5 Å². The largest absolute Gasteiger partial charge is 0.304 e. The van der Waals surface area contributed by atoms with Crippen LogP contribution in [0.25, 0.3) is 0 Å². The Balaban J connectivity index is 0.000000205. The van der Waals surface area contributed by atoms with Crippen LogP contribution < -0.4 is 0 Å². The van der Waals surface area contributed by atoms with Gasteiger partial charge in [-0.3, -0.25) is 24.5 Å². The molecule has 10 nitrogen and oxygen atoms in total. The first-order valence-corrected chi connectivity index (χ1v) is 29.8. The van der Waals surface area contributed by atoms with Crippen LogP contribution in [0.1, 0.15) is 189 Å². The first kappa shape index (κ1) is 24.2. The van der Waals surface area contributed by atoms with Gasteiger partial charge in [0.2, 0.25) is 0 Å². The Kier molecular flexibility index (Phi) is 9.47. The van der Waals surface area contributed by atoms with E-state index in [0.29, 0.717) is 37.0 Å². The highest BCUT2D eigenvalue weighted by atomic mass is 15.3. The number of benzene rings is 10. The van der Waals surface area contributed by atoms with E-state index >= 15 is 0 Å². The van der Waals surface area contributed by atoms with E-state index in [9.17, 15) is 0 Å². The van der Waals surface area contributed by atoms with Crippen LogP contribution >= 0.6 is 0 Å². The third kappa shape index (κ3) is 21.4. The topological polar surface area (TPSA) is 32.4 Å². The molecule has 0 N–H and O–H groups in total. The van der Waals surface area contributed by atoms with Gasteiger partial charge in [0, 0.05) is 192 Å². The molecule has 0 aromatic heterocycles. The molecule has 5 aliphatic rings. The van der Waals surface area contributed by atoms with Crippen LogP contribution in [-0.4, -0.2) is 214 Å². The van der Waals surface area contributed by atoms with Crippen molar-refractivity contribution in [2.45, 2.75) is 30.2 Å². The highest BCUT2D eigenvalue weighted by molar-refractivity contribution is 5.37. The molecule has 100 heavy (non-hydrogen) atoms. The maximum Gasteiger partial charge on any atom is 0.0626 e.